The highest BCUT2D eigenvalue weighted by atomic mass is 16.2. The summed E-state index contributed by atoms with van der Waals surface area (Å²) in [6.07, 6.45) is 4.16. The van der Waals surface area contributed by atoms with E-state index < -0.39 is 0 Å². The minimum Gasteiger partial charge on any atom is -0.357 e. The quantitative estimate of drug-likeness (QED) is 0.792. The fourth-order valence-electron chi connectivity index (χ4n) is 1.79. The molecule has 1 saturated heterocycles. The van der Waals surface area contributed by atoms with Gasteiger partial charge in [-0.1, -0.05) is 0 Å². The van der Waals surface area contributed by atoms with Crippen molar-refractivity contribution in [3.8, 4) is 0 Å². The van der Waals surface area contributed by atoms with E-state index in [-0.39, 0.29) is 6.03 Å². The molecule has 2 N–H and O–H groups in total. The number of pyridine rings is 1. The summed E-state index contributed by atoms with van der Waals surface area (Å²) in [5.41, 5.74) is 0.710. The van der Waals surface area contributed by atoms with Crippen molar-refractivity contribution in [3.63, 3.8) is 0 Å². The zero-order valence-electron chi connectivity index (χ0n) is 9.36. The number of hydrogen-bond donors (Lipinski definition) is 2. The summed E-state index contributed by atoms with van der Waals surface area (Å²) < 4.78 is 0. The van der Waals surface area contributed by atoms with Crippen molar-refractivity contribution < 1.29 is 4.79 Å². The summed E-state index contributed by atoms with van der Waals surface area (Å²) in [6, 6.07) is 3.59. The van der Waals surface area contributed by atoms with Gasteiger partial charge in [-0.2, -0.15) is 0 Å². The molecule has 1 aromatic rings. The van der Waals surface area contributed by atoms with Crippen LogP contribution in [0.15, 0.2) is 18.3 Å². The predicted octanol–water partition coefficient (Wildman–Crippen LogP) is 1.43. The van der Waals surface area contributed by atoms with Gasteiger partial charge in [-0.25, -0.2) is 9.78 Å². The molecule has 0 aliphatic carbocycles. The van der Waals surface area contributed by atoms with E-state index in [0.29, 0.717) is 5.69 Å². The van der Waals surface area contributed by atoms with E-state index in [1.165, 1.54) is 12.8 Å². The van der Waals surface area contributed by atoms with Gasteiger partial charge in [-0.05, 0) is 25.0 Å². The average molecular weight is 220 g/mol. The van der Waals surface area contributed by atoms with Gasteiger partial charge in [0.1, 0.15) is 5.82 Å². The average Bonchev–Trinajstić information content (AvgIpc) is 2.83. The monoisotopic (exact) mass is 220 g/mol. The van der Waals surface area contributed by atoms with Gasteiger partial charge in [0.2, 0.25) is 0 Å². The number of amides is 2. The van der Waals surface area contributed by atoms with Crippen LogP contribution in [0.3, 0.4) is 0 Å². The topological polar surface area (TPSA) is 57.3 Å². The van der Waals surface area contributed by atoms with E-state index in [0.717, 1.165) is 18.9 Å². The first-order valence-corrected chi connectivity index (χ1v) is 5.49. The van der Waals surface area contributed by atoms with Crippen molar-refractivity contribution in [1.82, 2.24) is 10.3 Å². The Labute approximate surface area is 94.9 Å². The molecule has 1 aliphatic heterocycles. The molecule has 0 bridgehead atoms. The molecule has 2 heterocycles. The van der Waals surface area contributed by atoms with Crippen molar-refractivity contribution in [2.24, 2.45) is 0 Å². The number of nitrogens with one attached hydrogen (secondary N) is 2. The molecular formula is C11H16N4O. The van der Waals surface area contributed by atoms with Crippen LogP contribution in [-0.2, 0) is 0 Å². The Morgan fingerprint density at radius 2 is 2.12 bits per heavy atom. The standard InChI is InChI=1S/C11H16N4O/c1-12-11(16)14-9-4-5-10(13-8-9)15-6-2-3-7-15/h4-5,8H,2-3,6-7H2,1H3,(H2,12,14,16). The summed E-state index contributed by atoms with van der Waals surface area (Å²) in [4.78, 5) is 17.6. The number of nitrogens with zero attached hydrogens (tertiary/aromatic N) is 2. The summed E-state index contributed by atoms with van der Waals surface area (Å²) in [6.45, 7) is 2.16. The molecule has 86 valence electrons. The van der Waals surface area contributed by atoms with E-state index >= 15 is 0 Å². The number of carbonyl (C=O) groups is 1. The lowest BCUT2D eigenvalue weighted by atomic mass is 10.4. The first kappa shape index (κ1) is 10.7. The summed E-state index contributed by atoms with van der Waals surface area (Å²) >= 11 is 0. The molecule has 0 aromatic carbocycles. The Bertz CT molecular complexity index is 357. The van der Waals surface area contributed by atoms with Crippen LogP contribution in [0.5, 0.6) is 0 Å². The second-order valence-corrected chi connectivity index (χ2v) is 3.80. The Morgan fingerprint density at radius 3 is 2.69 bits per heavy atom. The highest BCUT2D eigenvalue weighted by Crippen LogP contribution is 2.18. The van der Waals surface area contributed by atoms with E-state index in [1.54, 1.807) is 13.2 Å². The number of aromatic nitrogens is 1. The molecule has 0 unspecified atom stereocenters. The molecule has 16 heavy (non-hydrogen) atoms. The second-order valence-electron chi connectivity index (χ2n) is 3.80. The number of urea groups is 1. The minimum atomic E-state index is -0.226. The SMILES string of the molecule is CNC(=O)Nc1ccc(N2CCCC2)nc1. The number of hydrogen-bond acceptors (Lipinski definition) is 3. The predicted molar refractivity (Wildman–Crippen MR) is 63.8 cm³/mol. The van der Waals surface area contributed by atoms with E-state index in [4.69, 9.17) is 0 Å². The highest BCUT2D eigenvalue weighted by molar-refractivity contribution is 5.88. The third-order valence-electron chi connectivity index (χ3n) is 2.66. The first-order valence-electron chi connectivity index (χ1n) is 5.49. The van der Waals surface area contributed by atoms with Crippen LogP contribution in [0, 0.1) is 0 Å². The van der Waals surface area contributed by atoms with Crippen LogP contribution >= 0.6 is 0 Å². The maximum atomic E-state index is 11.1. The number of carbonyl (C=O) groups excluding carboxylic acids is 1. The number of rotatable bonds is 2. The Balaban J connectivity index is 2.01. The number of anilines is 2. The van der Waals surface area contributed by atoms with E-state index in [1.807, 2.05) is 12.1 Å². The second kappa shape index (κ2) is 4.83. The molecule has 0 radical (unpaired) electrons. The van der Waals surface area contributed by atoms with Crippen LogP contribution in [0.2, 0.25) is 0 Å². The summed E-state index contributed by atoms with van der Waals surface area (Å²) in [7, 11) is 1.58. The van der Waals surface area contributed by atoms with Crippen molar-refractivity contribution in [2.75, 3.05) is 30.4 Å². The third-order valence-corrected chi connectivity index (χ3v) is 2.66. The lowest BCUT2D eigenvalue weighted by Gasteiger charge is -2.16. The summed E-state index contributed by atoms with van der Waals surface area (Å²) in [5, 5.41) is 5.17. The Hall–Kier alpha value is -1.78. The molecule has 0 saturated carbocycles. The molecule has 1 fully saturated rings. The van der Waals surface area contributed by atoms with Gasteiger partial charge in [0, 0.05) is 20.1 Å². The zero-order chi connectivity index (χ0) is 11.4. The normalized spacial score (nSPS) is 14.9. The van der Waals surface area contributed by atoms with Crippen molar-refractivity contribution in [3.05, 3.63) is 18.3 Å². The Morgan fingerprint density at radius 1 is 1.38 bits per heavy atom. The lowest BCUT2D eigenvalue weighted by Crippen LogP contribution is -2.24. The van der Waals surface area contributed by atoms with Crippen molar-refractivity contribution in [1.29, 1.82) is 0 Å². The van der Waals surface area contributed by atoms with Crippen LogP contribution in [0.25, 0.3) is 0 Å². The van der Waals surface area contributed by atoms with Crippen LogP contribution in [-0.4, -0.2) is 31.2 Å². The fourth-order valence-corrected chi connectivity index (χ4v) is 1.79. The molecular weight excluding hydrogens is 204 g/mol. The van der Waals surface area contributed by atoms with Crippen molar-refractivity contribution in [2.45, 2.75) is 12.8 Å². The summed E-state index contributed by atoms with van der Waals surface area (Å²) in [5.74, 6) is 0.986. The third kappa shape index (κ3) is 2.42. The molecule has 0 spiro atoms. The maximum Gasteiger partial charge on any atom is 0.319 e. The van der Waals surface area contributed by atoms with Crippen LogP contribution in [0.1, 0.15) is 12.8 Å². The fraction of sp³-hybridized carbons (Fsp3) is 0.455. The van der Waals surface area contributed by atoms with Gasteiger partial charge in [0.25, 0.3) is 0 Å². The molecule has 2 amide bonds. The van der Waals surface area contributed by atoms with Gasteiger partial charge in [-0.15, -0.1) is 0 Å². The molecule has 2 rings (SSSR count). The zero-order valence-corrected chi connectivity index (χ0v) is 9.36. The van der Waals surface area contributed by atoms with Gasteiger partial charge in [0.15, 0.2) is 0 Å². The smallest absolute Gasteiger partial charge is 0.319 e. The van der Waals surface area contributed by atoms with Crippen LogP contribution < -0.4 is 15.5 Å². The van der Waals surface area contributed by atoms with E-state index in [2.05, 4.69) is 20.5 Å². The van der Waals surface area contributed by atoms with E-state index in [9.17, 15) is 4.79 Å². The molecule has 1 aromatic heterocycles. The van der Waals surface area contributed by atoms with Crippen molar-refractivity contribution >= 4 is 17.5 Å². The largest absolute Gasteiger partial charge is 0.357 e. The van der Waals surface area contributed by atoms with Gasteiger partial charge < -0.3 is 15.5 Å². The first-order chi connectivity index (χ1) is 7.79. The maximum absolute atomic E-state index is 11.1. The van der Waals surface area contributed by atoms with Gasteiger partial charge >= 0.3 is 6.03 Å². The Kier molecular flexibility index (Phi) is 3.24. The highest BCUT2D eigenvalue weighted by Gasteiger charge is 2.12. The molecule has 5 heteroatoms. The molecule has 1 aliphatic rings. The van der Waals surface area contributed by atoms with Gasteiger partial charge in [-0.3, -0.25) is 0 Å². The molecule has 0 atom stereocenters. The minimum absolute atomic E-state index is 0.226. The van der Waals surface area contributed by atoms with Gasteiger partial charge in [0.05, 0.1) is 11.9 Å². The lowest BCUT2D eigenvalue weighted by molar-refractivity contribution is 0.254. The molecule has 5 nitrogen and oxygen atoms in total. The van der Waals surface area contributed by atoms with Crippen LogP contribution in [0.4, 0.5) is 16.3 Å².